The second-order valence-corrected chi connectivity index (χ2v) is 9.38. The minimum atomic E-state index is -0.267. The van der Waals surface area contributed by atoms with Crippen LogP contribution in [0.25, 0.3) is 5.57 Å². The van der Waals surface area contributed by atoms with Crippen molar-refractivity contribution in [2.75, 3.05) is 20.7 Å². The molecule has 0 spiro atoms. The van der Waals surface area contributed by atoms with Crippen molar-refractivity contribution >= 4 is 11.5 Å². The van der Waals surface area contributed by atoms with Crippen LogP contribution < -0.4 is 0 Å². The summed E-state index contributed by atoms with van der Waals surface area (Å²) in [6.07, 6.45) is 11.7. The number of nitrogens with zero attached hydrogens (tertiary/aromatic N) is 1. The van der Waals surface area contributed by atoms with E-state index in [1.165, 1.54) is 35.6 Å². The van der Waals surface area contributed by atoms with Gasteiger partial charge < -0.3 is 9.64 Å². The second-order valence-electron chi connectivity index (χ2n) is 9.38. The number of hydrogen-bond acceptors (Lipinski definition) is 3. The van der Waals surface area contributed by atoms with E-state index < -0.39 is 0 Å². The highest BCUT2D eigenvalue weighted by Gasteiger charge is 2.13. The van der Waals surface area contributed by atoms with E-state index in [1.54, 1.807) is 13.0 Å². The molecule has 3 nitrogen and oxygen atoms in total. The predicted octanol–water partition coefficient (Wildman–Crippen LogP) is 7.45. The third kappa shape index (κ3) is 7.17. The fourth-order valence-electron chi connectivity index (χ4n) is 4.69. The highest BCUT2D eigenvalue weighted by Crippen LogP contribution is 2.26. The zero-order valence-electron chi connectivity index (χ0n) is 21.6. The van der Waals surface area contributed by atoms with E-state index in [2.05, 4.69) is 43.7 Å². The van der Waals surface area contributed by atoms with Gasteiger partial charge in [-0.3, -0.25) is 0 Å². The summed E-state index contributed by atoms with van der Waals surface area (Å²) in [5.41, 5.74) is 8.51. The number of rotatable bonds is 8. The molecule has 0 N–H and O–H groups in total. The van der Waals surface area contributed by atoms with Crippen LogP contribution in [0.15, 0.2) is 66.4 Å². The molecule has 0 heterocycles. The van der Waals surface area contributed by atoms with E-state index in [9.17, 15) is 9.18 Å². The number of hydrogen-bond donors (Lipinski definition) is 0. The molecule has 1 aliphatic rings. The van der Waals surface area contributed by atoms with Crippen LogP contribution >= 0.6 is 0 Å². The van der Waals surface area contributed by atoms with E-state index in [4.69, 9.17) is 4.74 Å². The summed E-state index contributed by atoms with van der Waals surface area (Å²) in [5.74, 6) is -0.452. The number of methoxy groups -OCH3 is 1. The zero-order chi connectivity index (χ0) is 25.4. The lowest BCUT2D eigenvalue weighted by Crippen LogP contribution is -2.18. The molecule has 0 saturated heterocycles. The first-order valence-corrected chi connectivity index (χ1v) is 12.6. The van der Waals surface area contributed by atoms with Crippen molar-refractivity contribution in [2.24, 2.45) is 0 Å². The lowest BCUT2D eigenvalue weighted by molar-refractivity contribution is 0.0600. The fraction of sp³-hybridized carbons (Fsp3) is 0.387. The first kappa shape index (κ1) is 26.5. The standard InChI is InChI=1S/C31H38FNO2/c1-6-29(20-22(2)26-16-17-30(32)23(3)19-26)33(4)18-8-10-24-9-7-11-27-21-28(31(34)35-5)15-14-25(27)13-12-24/h10,14-17,19-21H,2,6-9,11-13,18H2,1,3-5H3/b24-10-,29-20-. The normalized spacial score (nSPS) is 15.2. The molecule has 0 atom stereocenters. The van der Waals surface area contributed by atoms with Crippen molar-refractivity contribution in [3.8, 4) is 0 Å². The summed E-state index contributed by atoms with van der Waals surface area (Å²) in [4.78, 5) is 14.1. The maximum atomic E-state index is 13.6. The molecular formula is C31H38FNO2. The van der Waals surface area contributed by atoms with Crippen molar-refractivity contribution in [1.29, 1.82) is 0 Å². The number of carbonyl (C=O) groups excluding carboxylic acids is 1. The van der Waals surface area contributed by atoms with Gasteiger partial charge in [0, 0.05) is 19.3 Å². The first-order chi connectivity index (χ1) is 16.8. The van der Waals surface area contributed by atoms with Crippen LogP contribution in [0.4, 0.5) is 4.39 Å². The van der Waals surface area contributed by atoms with E-state index in [1.807, 2.05) is 18.2 Å². The van der Waals surface area contributed by atoms with Crippen LogP contribution in [-0.2, 0) is 17.6 Å². The summed E-state index contributed by atoms with van der Waals surface area (Å²) < 4.78 is 18.5. The summed E-state index contributed by atoms with van der Waals surface area (Å²) in [6, 6.07) is 11.1. The maximum Gasteiger partial charge on any atom is 0.337 e. The molecule has 4 heteroatoms. The monoisotopic (exact) mass is 475 g/mol. The largest absolute Gasteiger partial charge is 0.465 e. The van der Waals surface area contributed by atoms with Gasteiger partial charge in [-0.2, -0.15) is 0 Å². The number of ether oxygens (including phenoxy) is 1. The van der Waals surface area contributed by atoms with Gasteiger partial charge in [-0.15, -0.1) is 0 Å². The molecule has 0 saturated carbocycles. The van der Waals surface area contributed by atoms with Crippen LogP contribution in [0.5, 0.6) is 0 Å². The minimum absolute atomic E-state index is 0.185. The van der Waals surface area contributed by atoms with Crippen molar-refractivity contribution in [1.82, 2.24) is 4.90 Å². The Morgan fingerprint density at radius 3 is 2.57 bits per heavy atom. The minimum Gasteiger partial charge on any atom is -0.465 e. The summed E-state index contributed by atoms with van der Waals surface area (Å²) in [5, 5.41) is 0. The highest BCUT2D eigenvalue weighted by atomic mass is 19.1. The molecule has 0 unspecified atom stereocenters. The molecule has 3 rings (SSSR count). The first-order valence-electron chi connectivity index (χ1n) is 12.6. The Morgan fingerprint density at radius 2 is 1.86 bits per heavy atom. The molecule has 2 aromatic carbocycles. The van der Waals surface area contributed by atoms with Gasteiger partial charge in [-0.25, -0.2) is 9.18 Å². The number of halogens is 1. The molecule has 35 heavy (non-hydrogen) atoms. The van der Waals surface area contributed by atoms with Gasteiger partial charge >= 0.3 is 5.97 Å². The van der Waals surface area contributed by atoms with Crippen molar-refractivity contribution in [3.63, 3.8) is 0 Å². The van der Waals surface area contributed by atoms with E-state index in [0.29, 0.717) is 11.1 Å². The van der Waals surface area contributed by atoms with E-state index in [0.717, 1.165) is 62.6 Å². The molecule has 186 valence electrons. The van der Waals surface area contributed by atoms with Crippen LogP contribution in [0.1, 0.15) is 71.6 Å². The summed E-state index contributed by atoms with van der Waals surface area (Å²) in [7, 11) is 3.56. The predicted molar refractivity (Wildman–Crippen MR) is 143 cm³/mol. The average Bonchev–Trinajstić information content (AvgIpc) is 2.84. The quantitative estimate of drug-likeness (QED) is 0.226. The van der Waals surface area contributed by atoms with Gasteiger partial charge in [-0.05, 0) is 110 Å². The molecular weight excluding hydrogens is 437 g/mol. The molecule has 2 aromatic rings. The molecule has 0 fully saturated rings. The van der Waals surface area contributed by atoms with Crippen LogP contribution in [0.3, 0.4) is 0 Å². The molecule has 0 bridgehead atoms. The number of allylic oxidation sites excluding steroid dienone is 4. The van der Waals surface area contributed by atoms with Gasteiger partial charge in [0.25, 0.3) is 0 Å². The Labute approximate surface area is 210 Å². The van der Waals surface area contributed by atoms with Gasteiger partial charge in [0.05, 0.1) is 12.7 Å². The van der Waals surface area contributed by atoms with Crippen LogP contribution in [0.2, 0.25) is 0 Å². The van der Waals surface area contributed by atoms with Gasteiger partial charge in [0.1, 0.15) is 5.82 Å². The van der Waals surface area contributed by atoms with Crippen LogP contribution in [-0.4, -0.2) is 31.6 Å². The fourth-order valence-corrected chi connectivity index (χ4v) is 4.69. The average molecular weight is 476 g/mol. The third-order valence-electron chi connectivity index (χ3n) is 6.91. The molecule has 1 aliphatic carbocycles. The van der Waals surface area contributed by atoms with Crippen molar-refractivity contribution in [2.45, 2.75) is 58.8 Å². The lowest BCUT2D eigenvalue weighted by Gasteiger charge is -2.22. The number of fused-ring (bicyclic) bond motifs is 1. The Bertz CT molecular complexity index is 1130. The van der Waals surface area contributed by atoms with Gasteiger partial charge in [0.15, 0.2) is 0 Å². The molecule has 0 aliphatic heterocycles. The molecule has 0 amide bonds. The third-order valence-corrected chi connectivity index (χ3v) is 6.91. The van der Waals surface area contributed by atoms with Crippen LogP contribution in [0, 0.1) is 12.7 Å². The molecule has 0 radical (unpaired) electrons. The van der Waals surface area contributed by atoms with Gasteiger partial charge in [-0.1, -0.05) is 37.3 Å². The number of aryl methyl sites for hydroxylation is 3. The number of benzene rings is 2. The topological polar surface area (TPSA) is 29.5 Å². The number of carbonyl (C=O) groups is 1. The van der Waals surface area contributed by atoms with Crippen molar-refractivity contribution in [3.05, 3.63) is 100 Å². The van der Waals surface area contributed by atoms with Crippen molar-refractivity contribution < 1.29 is 13.9 Å². The second kappa shape index (κ2) is 12.5. The Morgan fingerprint density at radius 1 is 1.09 bits per heavy atom. The SMILES string of the molecule is C=C(/C=C(/CC)N(C)CC/C=C1/CCCc2cc(C(=O)OC)ccc2CC1)c1ccc(F)c(C)c1. The highest BCUT2D eigenvalue weighted by molar-refractivity contribution is 5.89. The lowest BCUT2D eigenvalue weighted by atomic mass is 9.89. The Balaban J connectivity index is 1.58. The Hall–Kier alpha value is -3.14. The Kier molecular flexibility index (Phi) is 9.47. The zero-order valence-corrected chi connectivity index (χ0v) is 21.6. The number of esters is 1. The maximum absolute atomic E-state index is 13.6. The van der Waals surface area contributed by atoms with Gasteiger partial charge in [0.2, 0.25) is 0 Å². The smallest absolute Gasteiger partial charge is 0.337 e. The molecule has 0 aromatic heterocycles. The van der Waals surface area contributed by atoms with E-state index >= 15 is 0 Å². The van der Waals surface area contributed by atoms with E-state index in [-0.39, 0.29) is 11.8 Å². The summed E-state index contributed by atoms with van der Waals surface area (Å²) in [6.45, 7) is 9.09. The summed E-state index contributed by atoms with van der Waals surface area (Å²) >= 11 is 0.